The number of primary amides is 1. The van der Waals surface area contributed by atoms with Gasteiger partial charge in [0.25, 0.3) is 5.91 Å². The summed E-state index contributed by atoms with van der Waals surface area (Å²) in [5, 5.41) is 9.46. The molecule has 6 nitrogen and oxygen atoms in total. The lowest BCUT2D eigenvalue weighted by Gasteiger charge is -2.22. The lowest BCUT2D eigenvalue weighted by atomic mass is 10.1. The van der Waals surface area contributed by atoms with Gasteiger partial charge in [0.1, 0.15) is 0 Å². The van der Waals surface area contributed by atoms with Crippen LogP contribution in [-0.2, 0) is 9.53 Å². The zero-order chi connectivity index (χ0) is 13.8. The molecule has 0 bridgehead atoms. The molecule has 1 fully saturated rings. The summed E-state index contributed by atoms with van der Waals surface area (Å²) >= 11 is 0. The largest absolute Gasteiger partial charge is 0.431 e. The smallest absolute Gasteiger partial charge is 0.405 e. The van der Waals surface area contributed by atoms with E-state index in [-0.39, 0.29) is 12.5 Å². The quantitative estimate of drug-likeness (QED) is 0.827. The van der Waals surface area contributed by atoms with Gasteiger partial charge in [-0.3, -0.25) is 4.79 Å². The van der Waals surface area contributed by atoms with E-state index in [4.69, 9.17) is 10.5 Å². The number of carbonyl (C=O) groups excluding carboxylic acids is 2. The molecule has 1 saturated heterocycles. The van der Waals surface area contributed by atoms with Crippen LogP contribution in [0.2, 0.25) is 0 Å². The van der Waals surface area contributed by atoms with E-state index in [0.29, 0.717) is 18.5 Å². The fraction of sp³-hybridized carbons (Fsp3) is 0.385. The van der Waals surface area contributed by atoms with Crippen molar-refractivity contribution in [3.8, 4) is 0 Å². The molecular formula is C13H16N2O4. The maximum Gasteiger partial charge on any atom is 0.405 e. The topological polar surface area (TPSA) is 92.9 Å². The number of ether oxygens (including phenoxy) is 1. The van der Waals surface area contributed by atoms with E-state index < -0.39 is 18.3 Å². The van der Waals surface area contributed by atoms with Crippen molar-refractivity contribution >= 4 is 12.0 Å². The number of nitrogens with two attached hydrogens (primary N) is 1. The van der Waals surface area contributed by atoms with Crippen LogP contribution in [-0.4, -0.2) is 41.2 Å². The lowest BCUT2D eigenvalue weighted by Crippen LogP contribution is -2.36. The van der Waals surface area contributed by atoms with Crippen molar-refractivity contribution in [2.24, 2.45) is 5.73 Å². The summed E-state index contributed by atoms with van der Waals surface area (Å²) in [6, 6.07) is 8.68. The maximum absolute atomic E-state index is 12.3. The molecule has 0 spiro atoms. The van der Waals surface area contributed by atoms with Crippen LogP contribution in [0.3, 0.4) is 0 Å². The molecule has 102 valence electrons. The highest BCUT2D eigenvalue weighted by Gasteiger charge is 2.32. The van der Waals surface area contributed by atoms with Crippen molar-refractivity contribution in [1.82, 2.24) is 4.90 Å². The van der Waals surface area contributed by atoms with Gasteiger partial charge in [0.05, 0.1) is 6.10 Å². The molecule has 2 rings (SSSR count). The highest BCUT2D eigenvalue weighted by atomic mass is 16.6. The Labute approximate surface area is 110 Å². The van der Waals surface area contributed by atoms with Crippen molar-refractivity contribution in [1.29, 1.82) is 0 Å². The Morgan fingerprint density at radius 2 is 2.05 bits per heavy atom. The van der Waals surface area contributed by atoms with Gasteiger partial charge < -0.3 is 20.5 Å². The number of aliphatic hydroxyl groups is 1. The molecule has 3 N–H and O–H groups in total. The number of nitrogens with zero attached hydrogens (tertiary/aromatic N) is 1. The van der Waals surface area contributed by atoms with Crippen molar-refractivity contribution in [2.75, 3.05) is 13.1 Å². The third-order valence-corrected chi connectivity index (χ3v) is 3.04. The number of rotatable bonds is 3. The number of likely N-dealkylation sites (tertiary alicyclic amines) is 1. The molecule has 6 heteroatoms. The Balaban J connectivity index is 2.18. The molecule has 0 aliphatic carbocycles. The van der Waals surface area contributed by atoms with Crippen molar-refractivity contribution in [3.63, 3.8) is 0 Å². The van der Waals surface area contributed by atoms with E-state index >= 15 is 0 Å². The number of hydrogen-bond acceptors (Lipinski definition) is 4. The Hall–Kier alpha value is -2.08. The summed E-state index contributed by atoms with van der Waals surface area (Å²) in [6.45, 7) is 0.704. The number of β-amino-alcohol motifs (C(OH)–C–C–N with tert-alkyl or cyclic N) is 1. The summed E-state index contributed by atoms with van der Waals surface area (Å²) < 4.78 is 4.91. The first-order chi connectivity index (χ1) is 9.08. The van der Waals surface area contributed by atoms with E-state index in [0.717, 1.165) is 0 Å². The molecule has 0 radical (unpaired) electrons. The molecule has 1 aromatic rings. The molecule has 0 aromatic heterocycles. The lowest BCUT2D eigenvalue weighted by molar-refractivity contribution is -0.139. The van der Waals surface area contributed by atoms with Gasteiger partial charge in [-0.2, -0.15) is 0 Å². The average molecular weight is 264 g/mol. The van der Waals surface area contributed by atoms with E-state index in [1.165, 1.54) is 4.90 Å². The van der Waals surface area contributed by atoms with Crippen LogP contribution < -0.4 is 5.73 Å². The van der Waals surface area contributed by atoms with Crippen LogP contribution in [0.4, 0.5) is 4.79 Å². The Morgan fingerprint density at radius 3 is 2.58 bits per heavy atom. The summed E-state index contributed by atoms with van der Waals surface area (Å²) in [6.07, 6.45) is -2.04. The number of benzene rings is 1. The SMILES string of the molecule is NC(=O)OC(C(=O)N1CC[C@@H](O)C1)c1ccccc1. The van der Waals surface area contributed by atoms with Gasteiger partial charge in [0.2, 0.25) is 6.10 Å². The summed E-state index contributed by atoms with van der Waals surface area (Å²) in [5.41, 5.74) is 5.58. The molecule has 1 aliphatic rings. The van der Waals surface area contributed by atoms with Crippen molar-refractivity contribution in [2.45, 2.75) is 18.6 Å². The molecule has 2 atom stereocenters. The fourth-order valence-electron chi connectivity index (χ4n) is 2.11. The molecule has 1 aromatic carbocycles. The fourth-order valence-corrected chi connectivity index (χ4v) is 2.11. The first-order valence-electron chi connectivity index (χ1n) is 6.06. The number of carbonyl (C=O) groups is 2. The summed E-state index contributed by atoms with van der Waals surface area (Å²) in [7, 11) is 0. The summed E-state index contributed by atoms with van der Waals surface area (Å²) in [5.74, 6) is -0.360. The van der Waals surface area contributed by atoms with E-state index in [1.54, 1.807) is 30.3 Å². The van der Waals surface area contributed by atoms with Crippen LogP contribution in [0.15, 0.2) is 30.3 Å². The van der Waals surface area contributed by atoms with Crippen LogP contribution in [0.1, 0.15) is 18.1 Å². The highest BCUT2D eigenvalue weighted by molar-refractivity contribution is 5.84. The molecule has 19 heavy (non-hydrogen) atoms. The van der Waals surface area contributed by atoms with Gasteiger partial charge in [-0.05, 0) is 6.42 Å². The second-order valence-corrected chi connectivity index (χ2v) is 4.45. The molecular weight excluding hydrogens is 248 g/mol. The van der Waals surface area contributed by atoms with Crippen LogP contribution in [0.25, 0.3) is 0 Å². The predicted molar refractivity (Wildman–Crippen MR) is 67.1 cm³/mol. The second-order valence-electron chi connectivity index (χ2n) is 4.45. The van der Waals surface area contributed by atoms with Gasteiger partial charge in [-0.25, -0.2) is 4.79 Å². The maximum atomic E-state index is 12.3. The van der Waals surface area contributed by atoms with E-state index in [2.05, 4.69) is 0 Å². The molecule has 2 amide bonds. The zero-order valence-corrected chi connectivity index (χ0v) is 10.4. The monoisotopic (exact) mass is 264 g/mol. The van der Waals surface area contributed by atoms with Crippen LogP contribution in [0.5, 0.6) is 0 Å². The average Bonchev–Trinajstić information content (AvgIpc) is 2.83. The van der Waals surface area contributed by atoms with Crippen molar-refractivity contribution < 1.29 is 19.4 Å². The predicted octanol–water partition coefficient (Wildman–Crippen LogP) is 0.416. The number of amides is 2. The normalized spacial score (nSPS) is 20.1. The zero-order valence-electron chi connectivity index (χ0n) is 10.4. The number of aliphatic hydroxyl groups excluding tert-OH is 1. The van der Waals surface area contributed by atoms with Crippen LogP contribution in [0, 0.1) is 0 Å². The standard InChI is InChI=1S/C13H16N2O4/c14-13(18)19-11(9-4-2-1-3-5-9)12(17)15-7-6-10(16)8-15/h1-5,10-11,16H,6-8H2,(H2,14,18)/t10-,11?/m1/s1. The van der Waals surface area contributed by atoms with Crippen molar-refractivity contribution in [3.05, 3.63) is 35.9 Å². The Morgan fingerprint density at radius 1 is 1.37 bits per heavy atom. The Kier molecular flexibility index (Phi) is 4.01. The molecule has 1 heterocycles. The minimum Gasteiger partial charge on any atom is -0.431 e. The molecule has 1 aliphatic heterocycles. The minimum absolute atomic E-state index is 0.254. The third kappa shape index (κ3) is 3.23. The van der Waals surface area contributed by atoms with E-state index in [1.807, 2.05) is 0 Å². The highest BCUT2D eigenvalue weighted by Crippen LogP contribution is 2.22. The number of hydrogen-bond donors (Lipinski definition) is 2. The van der Waals surface area contributed by atoms with Gasteiger partial charge in [0.15, 0.2) is 0 Å². The molecule has 1 unspecified atom stereocenters. The van der Waals surface area contributed by atoms with Crippen LogP contribution >= 0.6 is 0 Å². The van der Waals surface area contributed by atoms with Gasteiger partial charge in [0, 0.05) is 18.7 Å². The third-order valence-electron chi connectivity index (χ3n) is 3.04. The Bertz CT molecular complexity index is 463. The van der Waals surface area contributed by atoms with Gasteiger partial charge in [-0.15, -0.1) is 0 Å². The summed E-state index contributed by atoms with van der Waals surface area (Å²) in [4.78, 5) is 24.7. The van der Waals surface area contributed by atoms with Gasteiger partial charge >= 0.3 is 6.09 Å². The minimum atomic E-state index is -1.05. The first kappa shape index (κ1) is 13.4. The first-order valence-corrected chi connectivity index (χ1v) is 6.06. The van der Waals surface area contributed by atoms with E-state index in [9.17, 15) is 14.7 Å². The van der Waals surface area contributed by atoms with Gasteiger partial charge in [-0.1, -0.05) is 30.3 Å². The molecule has 0 saturated carbocycles. The second kappa shape index (κ2) is 5.71.